The molecule has 0 spiro atoms. The van der Waals surface area contributed by atoms with Crippen LogP contribution >= 0.6 is 23.4 Å². The minimum atomic E-state index is -4.53. The van der Waals surface area contributed by atoms with Crippen LogP contribution in [-0.2, 0) is 17.5 Å². The number of amides is 1. The molecule has 29 heavy (non-hydrogen) atoms. The van der Waals surface area contributed by atoms with E-state index in [0.717, 1.165) is 36.4 Å². The summed E-state index contributed by atoms with van der Waals surface area (Å²) >= 11 is 7.03. The molecule has 2 aromatic heterocycles. The summed E-state index contributed by atoms with van der Waals surface area (Å²) in [6.07, 6.45) is -2.19. The lowest BCUT2D eigenvalue weighted by Crippen LogP contribution is -2.16. The van der Waals surface area contributed by atoms with Crippen LogP contribution in [0.5, 0.6) is 0 Å². The number of rotatable bonds is 7. The van der Waals surface area contributed by atoms with Crippen molar-refractivity contribution in [1.29, 1.82) is 0 Å². The first-order valence-corrected chi connectivity index (χ1v) is 9.92. The zero-order valence-electron chi connectivity index (χ0n) is 15.2. The molecule has 1 amide bonds. The van der Waals surface area contributed by atoms with Crippen LogP contribution in [0.25, 0.3) is 11.6 Å². The molecular formula is C18H16ClF3N4O2S. The number of hydrogen-bond donors (Lipinski definition) is 1. The summed E-state index contributed by atoms with van der Waals surface area (Å²) in [4.78, 5) is 12.3. The number of carbonyl (C=O) groups is 1. The van der Waals surface area contributed by atoms with E-state index in [1.165, 1.54) is 6.26 Å². The third kappa shape index (κ3) is 5.13. The van der Waals surface area contributed by atoms with Gasteiger partial charge in [0.15, 0.2) is 16.7 Å². The highest BCUT2D eigenvalue weighted by molar-refractivity contribution is 7.99. The molecule has 0 radical (unpaired) electrons. The molecule has 0 aliphatic rings. The van der Waals surface area contributed by atoms with Gasteiger partial charge in [-0.05, 0) is 36.8 Å². The van der Waals surface area contributed by atoms with Gasteiger partial charge in [0.2, 0.25) is 5.91 Å². The molecule has 11 heteroatoms. The number of benzene rings is 1. The number of aromatic nitrogens is 3. The number of carbonyl (C=O) groups excluding carboxylic acids is 1. The Hall–Kier alpha value is -2.46. The predicted octanol–water partition coefficient (Wildman–Crippen LogP) is 5.35. The molecule has 1 aromatic carbocycles. The second-order valence-corrected chi connectivity index (χ2v) is 7.31. The normalized spacial score (nSPS) is 11.6. The summed E-state index contributed by atoms with van der Waals surface area (Å²) in [5, 5.41) is 11.1. The lowest BCUT2D eigenvalue weighted by molar-refractivity contribution is -0.137. The van der Waals surface area contributed by atoms with Crippen molar-refractivity contribution in [2.24, 2.45) is 0 Å². The molecule has 1 N–H and O–H groups in total. The number of alkyl halides is 3. The van der Waals surface area contributed by atoms with Crippen LogP contribution in [0.3, 0.4) is 0 Å². The first kappa shape index (κ1) is 21.3. The highest BCUT2D eigenvalue weighted by Crippen LogP contribution is 2.34. The number of halogens is 4. The Labute approximate surface area is 173 Å². The van der Waals surface area contributed by atoms with E-state index in [0.29, 0.717) is 23.3 Å². The molecular weight excluding hydrogens is 429 g/mol. The van der Waals surface area contributed by atoms with E-state index in [1.54, 1.807) is 12.1 Å². The highest BCUT2D eigenvalue weighted by Gasteiger charge is 2.31. The molecule has 0 atom stereocenters. The van der Waals surface area contributed by atoms with Crippen molar-refractivity contribution in [3.05, 3.63) is 47.2 Å². The second kappa shape index (κ2) is 8.91. The maximum Gasteiger partial charge on any atom is 0.416 e. The molecule has 2 heterocycles. The van der Waals surface area contributed by atoms with Crippen molar-refractivity contribution in [2.75, 3.05) is 11.1 Å². The van der Waals surface area contributed by atoms with Gasteiger partial charge in [-0.15, -0.1) is 10.2 Å². The average molecular weight is 445 g/mol. The molecule has 6 nitrogen and oxygen atoms in total. The quantitative estimate of drug-likeness (QED) is 0.497. The number of furan rings is 1. The Kier molecular flexibility index (Phi) is 6.53. The molecule has 0 aliphatic heterocycles. The van der Waals surface area contributed by atoms with Crippen LogP contribution in [-0.4, -0.2) is 26.4 Å². The highest BCUT2D eigenvalue weighted by atomic mass is 35.5. The van der Waals surface area contributed by atoms with Crippen molar-refractivity contribution in [1.82, 2.24) is 14.8 Å². The maximum absolute atomic E-state index is 12.9. The Balaban J connectivity index is 1.70. The fraction of sp³-hybridized carbons (Fsp3) is 0.278. The third-order valence-electron chi connectivity index (χ3n) is 3.81. The van der Waals surface area contributed by atoms with Gasteiger partial charge in [0.1, 0.15) is 0 Å². The Morgan fingerprint density at radius 3 is 2.76 bits per heavy atom. The Morgan fingerprint density at radius 2 is 2.10 bits per heavy atom. The lowest BCUT2D eigenvalue weighted by atomic mass is 10.2. The SMILES string of the molecule is CCCn1c(SCC(=O)Nc2cc(C(F)(F)F)ccc2Cl)nnc1-c1ccco1. The number of hydrogen-bond acceptors (Lipinski definition) is 5. The topological polar surface area (TPSA) is 73.0 Å². The summed E-state index contributed by atoms with van der Waals surface area (Å²) in [6, 6.07) is 6.25. The molecule has 3 aromatic rings. The van der Waals surface area contributed by atoms with E-state index in [4.69, 9.17) is 16.0 Å². The van der Waals surface area contributed by atoms with Gasteiger partial charge in [0.05, 0.1) is 28.3 Å². The van der Waals surface area contributed by atoms with Crippen molar-refractivity contribution in [3.63, 3.8) is 0 Å². The smallest absolute Gasteiger partial charge is 0.416 e. The van der Waals surface area contributed by atoms with E-state index in [9.17, 15) is 18.0 Å². The molecule has 154 valence electrons. The Morgan fingerprint density at radius 1 is 1.31 bits per heavy atom. The van der Waals surface area contributed by atoms with Crippen LogP contribution in [0.2, 0.25) is 5.02 Å². The van der Waals surface area contributed by atoms with E-state index >= 15 is 0 Å². The Bertz CT molecular complexity index is 990. The first-order valence-electron chi connectivity index (χ1n) is 8.56. The van der Waals surface area contributed by atoms with Crippen LogP contribution in [0, 0.1) is 0 Å². The zero-order chi connectivity index (χ0) is 21.0. The van der Waals surface area contributed by atoms with Crippen LogP contribution < -0.4 is 5.32 Å². The summed E-state index contributed by atoms with van der Waals surface area (Å²) in [7, 11) is 0. The van der Waals surface area contributed by atoms with Gasteiger partial charge in [-0.2, -0.15) is 13.2 Å². The standard InChI is InChI=1S/C18H16ClF3N4O2S/c1-2-7-26-16(14-4-3-8-28-14)24-25-17(26)29-10-15(27)23-13-9-11(18(20,21)22)5-6-12(13)19/h3-6,8-9H,2,7,10H2,1H3,(H,23,27). The lowest BCUT2D eigenvalue weighted by Gasteiger charge is -2.12. The van der Waals surface area contributed by atoms with Gasteiger partial charge >= 0.3 is 6.18 Å². The summed E-state index contributed by atoms with van der Waals surface area (Å²) in [6.45, 7) is 2.61. The summed E-state index contributed by atoms with van der Waals surface area (Å²) < 4.78 is 45.8. The van der Waals surface area contributed by atoms with Gasteiger partial charge in [-0.1, -0.05) is 30.3 Å². The number of nitrogens with one attached hydrogen (secondary N) is 1. The average Bonchev–Trinajstić information content (AvgIpc) is 3.31. The zero-order valence-corrected chi connectivity index (χ0v) is 16.7. The van der Waals surface area contributed by atoms with Crippen LogP contribution in [0.4, 0.5) is 18.9 Å². The number of anilines is 1. The fourth-order valence-corrected chi connectivity index (χ4v) is 3.45. The van der Waals surface area contributed by atoms with Gasteiger partial charge in [0.25, 0.3) is 0 Å². The molecule has 0 aliphatic carbocycles. The second-order valence-electron chi connectivity index (χ2n) is 5.96. The van der Waals surface area contributed by atoms with Crippen molar-refractivity contribution in [3.8, 4) is 11.6 Å². The maximum atomic E-state index is 12.9. The monoisotopic (exact) mass is 444 g/mol. The van der Waals surface area contributed by atoms with Gasteiger partial charge in [0, 0.05) is 6.54 Å². The number of nitrogens with zero attached hydrogens (tertiary/aromatic N) is 3. The largest absolute Gasteiger partial charge is 0.461 e. The molecule has 0 saturated heterocycles. The molecule has 0 saturated carbocycles. The van der Waals surface area contributed by atoms with E-state index in [2.05, 4.69) is 15.5 Å². The van der Waals surface area contributed by atoms with E-state index < -0.39 is 17.6 Å². The first-order chi connectivity index (χ1) is 13.8. The van der Waals surface area contributed by atoms with Gasteiger partial charge in [-0.25, -0.2) is 0 Å². The van der Waals surface area contributed by atoms with Crippen molar-refractivity contribution >= 4 is 35.0 Å². The molecule has 0 bridgehead atoms. The summed E-state index contributed by atoms with van der Waals surface area (Å²) in [5.74, 6) is 0.507. The van der Waals surface area contributed by atoms with E-state index in [-0.39, 0.29) is 16.5 Å². The summed E-state index contributed by atoms with van der Waals surface area (Å²) in [5.41, 5.74) is -0.992. The molecule has 0 unspecified atom stereocenters. The fourth-order valence-electron chi connectivity index (χ4n) is 2.52. The minimum absolute atomic E-state index is 0.0191. The van der Waals surface area contributed by atoms with Crippen molar-refractivity contribution < 1.29 is 22.4 Å². The van der Waals surface area contributed by atoms with Gasteiger partial charge in [-0.3, -0.25) is 9.36 Å². The third-order valence-corrected chi connectivity index (χ3v) is 5.10. The minimum Gasteiger partial charge on any atom is -0.461 e. The van der Waals surface area contributed by atoms with Crippen LogP contribution in [0.1, 0.15) is 18.9 Å². The van der Waals surface area contributed by atoms with Crippen LogP contribution in [0.15, 0.2) is 46.2 Å². The molecule has 0 fully saturated rings. The van der Waals surface area contributed by atoms with Gasteiger partial charge < -0.3 is 9.73 Å². The van der Waals surface area contributed by atoms with Crippen molar-refractivity contribution in [2.45, 2.75) is 31.2 Å². The molecule has 3 rings (SSSR count). The number of thioether (sulfide) groups is 1. The predicted molar refractivity (Wildman–Crippen MR) is 104 cm³/mol. The van der Waals surface area contributed by atoms with E-state index in [1.807, 2.05) is 11.5 Å².